The van der Waals surface area contributed by atoms with Gasteiger partial charge in [0.25, 0.3) is 5.69 Å². The number of nitro groups is 1. The number of rotatable bonds is 3. The molecule has 0 aliphatic heterocycles. The molecule has 1 aliphatic rings. The van der Waals surface area contributed by atoms with E-state index in [1.807, 2.05) is 0 Å². The van der Waals surface area contributed by atoms with Crippen LogP contribution in [-0.2, 0) is 0 Å². The van der Waals surface area contributed by atoms with Crippen LogP contribution < -0.4 is 4.74 Å². The zero-order chi connectivity index (χ0) is 12.4. The molecule has 0 spiro atoms. The molecule has 92 valence electrons. The number of hydrogen-bond donors (Lipinski definition) is 1. The number of nitro benzene ring substituents is 1. The summed E-state index contributed by atoms with van der Waals surface area (Å²) in [5.41, 5.74) is 0.678. The summed E-state index contributed by atoms with van der Waals surface area (Å²) in [6.07, 6.45) is 4.09. The third-order valence-corrected chi connectivity index (χ3v) is 3.32. The Labute approximate surface area is 99.2 Å². The number of aromatic hydroxyl groups is 1. The predicted molar refractivity (Wildman–Crippen MR) is 62.5 cm³/mol. The Balaban J connectivity index is 2.48. The number of ether oxygens (including phenoxy) is 1. The first-order valence-corrected chi connectivity index (χ1v) is 5.68. The van der Waals surface area contributed by atoms with Gasteiger partial charge < -0.3 is 9.84 Å². The number of phenolic OH excluding ortho intramolecular Hbond substituents is 1. The van der Waals surface area contributed by atoms with Crippen LogP contribution in [0.4, 0.5) is 5.69 Å². The maximum atomic E-state index is 11.0. The van der Waals surface area contributed by atoms with Crippen molar-refractivity contribution in [2.75, 3.05) is 7.11 Å². The molecule has 0 saturated heterocycles. The van der Waals surface area contributed by atoms with Crippen molar-refractivity contribution in [3.8, 4) is 11.5 Å². The lowest BCUT2D eigenvalue weighted by atomic mass is 9.95. The van der Waals surface area contributed by atoms with Gasteiger partial charge in [-0.25, -0.2) is 0 Å². The minimum absolute atomic E-state index is 0.0278. The van der Waals surface area contributed by atoms with Gasteiger partial charge in [-0.3, -0.25) is 10.1 Å². The Morgan fingerprint density at radius 2 is 2.06 bits per heavy atom. The van der Waals surface area contributed by atoms with Crippen LogP contribution >= 0.6 is 0 Å². The highest BCUT2D eigenvalue weighted by Gasteiger charge is 2.27. The smallest absolute Gasteiger partial charge is 0.276 e. The zero-order valence-corrected chi connectivity index (χ0v) is 9.68. The Bertz CT molecular complexity index is 438. The molecule has 17 heavy (non-hydrogen) atoms. The highest BCUT2D eigenvalue weighted by atomic mass is 16.6. The first kappa shape index (κ1) is 11.7. The normalized spacial score (nSPS) is 16.1. The van der Waals surface area contributed by atoms with E-state index in [9.17, 15) is 15.2 Å². The van der Waals surface area contributed by atoms with E-state index < -0.39 is 4.92 Å². The van der Waals surface area contributed by atoms with Gasteiger partial charge in [-0.05, 0) is 24.8 Å². The third-order valence-electron chi connectivity index (χ3n) is 3.32. The van der Waals surface area contributed by atoms with Crippen molar-refractivity contribution in [2.45, 2.75) is 31.6 Å². The molecule has 0 radical (unpaired) electrons. The summed E-state index contributed by atoms with van der Waals surface area (Å²) < 4.78 is 4.90. The van der Waals surface area contributed by atoms with Gasteiger partial charge in [-0.15, -0.1) is 0 Å². The number of hydrogen-bond acceptors (Lipinski definition) is 4. The number of benzene rings is 1. The Morgan fingerprint density at radius 3 is 2.59 bits per heavy atom. The van der Waals surface area contributed by atoms with Crippen LogP contribution in [-0.4, -0.2) is 17.1 Å². The minimum Gasteiger partial charge on any atom is -0.504 e. The number of nitrogens with zero attached hydrogens (tertiary/aromatic N) is 1. The highest BCUT2D eigenvalue weighted by Crippen LogP contribution is 2.43. The molecule has 0 bridgehead atoms. The second-order valence-corrected chi connectivity index (χ2v) is 4.32. The average molecular weight is 237 g/mol. The van der Waals surface area contributed by atoms with Crippen LogP contribution in [0.25, 0.3) is 0 Å². The van der Waals surface area contributed by atoms with E-state index in [-0.39, 0.29) is 23.1 Å². The van der Waals surface area contributed by atoms with Crippen LogP contribution in [0.3, 0.4) is 0 Å². The molecule has 0 aromatic heterocycles. The summed E-state index contributed by atoms with van der Waals surface area (Å²) in [7, 11) is 1.38. The van der Waals surface area contributed by atoms with Gasteiger partial charge in [0.1, 0.15) is 0 Å². The van der Waals surface area contributed by atoms with Crippen molar-refractivity contribution in [1.29, 1.82) is 0 Å². The molecule has 5 nitrogen and oxygen atoms in total. The van der Waals surface area contributed by atoms with Crippen LogP contribution in [0.1, 0.15) is 37.2 Å². The molecular weight excluding hydrogens is 222 g/mol. The molecule has 1 fully saturated rings. The fraction of sp³-hybridized carbons (Fsp3) is 0.500. The van der Waals surface area contributed by atoms with E-state index in [2.05, 4.69) is 0 Å². The van der Waals surface area contributed by atoms with Gasteiger partial charge >= 0.3 is 0 Å². The Kier molecular flexibility index (Phi) is 3.17. The molecule has 1 aromatic carbocycles. The van der Waals surface area contributed by atoms with Gasteiger partial charge in [0, 0.05) is 5.56 Å². The lowest BCUT2D eigenvalue weighted by molar-refractivity contribution is -0.385. The van der Waals surface area contributed by atoms with Crippen molar-refractivity contribution in [3.05, 3.63) is 27.8 Å². The maximum Gasteiger partial charge on any atom is 0.276 e. The lowest BCUT2D eigenvalue weighted by Gasteiger charge is -2.12. The summed E-state index contributed by atoms with van der Waals surface area (Å²) in [5, 5.41) is 20.7. The van der Waals surface area contributed by atoms with E-state index in [4.69, 9.17) is 4.74 Å². The Hall–Kier alpha value is -1.78. The lowest BCUT2D eigenvalue weighted by Crippen LogP contribution is -2.00. The first-order valence-electron chi connectivity index (χ1n) is 5.68. The van der Waals surface area contributed by atoms with E-state index in [0.717, 1.165) is 25.7 Å². The summed E-state index contributed by atoms with van der Waals surface area (Å²) in [5.74, 6) is 0.311. The molecule has 2 rings (SSSR count). The SMILES string of the molecule is COc1cc([N+](=O)[O-])c(C2CCCC2)cc1O. The molecule has 0 atom stereocenters. The van der Waals surface area contributed by atoms with Crippen molar-refractivity contribution >= 4 is 5.69 Å². The molecule has 1 aromatic rings. The summed E-state index contributed by atoms with van der Waals surface area (Å²) in [6, 6.07) is 2.79. The van der Waals surface area contributed by atoms with Crippen LogP contribution in [0.5, 0.6) is 11.5 Å². The van der Waals surface area contributed by atoms with E-state index in [1.165, 1.54) is 19.2 Å². The predicted octanol–water partition coefficient (Wildman–Crippen LogP) is 2.97. The quantitative estimate of drug-likeness (QED) is 0.648. The van der Waals surface area contributed by atoms with Gasteiger partial charge in [0.05, 0.1) is 18.1 Å². The standard InChI is InChI=1S/C12H15NO4/c1-17-12-7-10(13(15)16)9(6-11(12)14)8-4-2-3-5-8/h6-8,14H,2-5H2,1H3. The maximum absolute atomic E-state index is 11.0. The van der Waals surface area contributed by atoms with Crippen molar-refractivity contribution in [3.63, 3.8) is 0 Å². The summed E-state index contributed by atoms with van der Waals surface area (Å²) >= 11 is 0. The average Bonchev–Trinajstić information content (AvgIpc) is 2.81. The van der Waals surface area contributed by atoms with E-state index in [0.29, 0.717) is 5.56 Å². The van der Waals surface area contributed by atoms with Crippen molar-refractivity contribution in [1.82, 2.24) is 0 Å². The van der Waals surface area contributed by atoms with Crippen LogP contribution in [0.15, 0.2) is 12.1 Å². The van der Waals surface area contributed by atoms with Gasteiger partial charge in [0.2, 0.25) is 0 Å². The summed E-state index contributed by atoms with van der Waals surface area (Å²) in [4.78, 5) is 10.6. The third kappa shape index (κ3) is 2.18. The number of methoxy groups -OCH3 is 1. The molecule has 1 N–H and O–H groups in total. The van der Waals surface area contributed by atoms with Crippen LogP contribution in [0, 0.1) is 10.1 Å². The van der Waals surface area contributed by atoms with Gasteiger partial charge in [0.15, 0.2) is 11.5 Å². The molecular formula is C12H15NO4. The second kappa shape index (κ2) is 4.61. The molecule has 1 saturated carbocycles. The molecule has 5 heteroatoms. The largest absolute Gasteiger partial charge is 0.504 e. The molecule has 0 heterocycles. The fourth-order valence-electron chi connectivity index (χ4n) is 2.46. The second-order valence-electron chi connectivity index (χ2n) is 4.32. The topological polar surface area (TPSA) is 72.6 Å². The molecule has 0 amide bonds. The van der Waals surface area contributed by atoms with Crippen molar-refractivity contribution in [2.24, 2.45) is 0 Å². The highest BCUT2D eigenvalue weighted by molar-refractivity contribution is 5.55. The van der Waals surface area contributed by atoms with Crippen molar-refractivity contribution < 1.29 is 14.8 Å². The van der Waals surface area contributed by atoms with Gasteiger partial charge in [-0.2, -0.15) is 0 Å². The van der Waals surface area contributed by atoms with E-state index >= 15 is 0 Å². The monoisotopic (exact) mass is 237 g/mol. The van der Waals surface area contributed by atoms with Gasteiger partial charge in [-0.1, -0.05) is 12.8 Å². The molecule has 1 aliphatic carbocycles. The summed E-state index contributed by atoms with van der Waals surface area (Å²) in [6.45, 7) is 0. The first-order chi connectivity index (χ1) is 8.13. The molecule has 0 unspecified atom stereocenters. The zero-order valence-electron chi connectivity index (χ0n) is 9.68. The minimum atomic E-state index is -0.407. The number of phenols is 1. The van der Waals surface area contributed by atoms with Crippen LogP contribution in [0.2, 0.25) is 0 Å². The van der Waals surface area contributed by atoms with E-state index in [1.54, 1.807) is 0 Å². The fourth-order valence-corrected chi connectivity index (χ4v) is 2.46. The Morgan fingerprint density at radius 1 is 1.41 bits per heavy atom.